The molecule has 1 aliphatic heterocycles. The highest BCUT2D eigenvalue weighted by atomic mass is 16.6. The Bertz CT molecular complexity index is 829. The number of nitro groups is 1. The molecule has 2 heterocycles. The van der Waals surface area contributed by atoms with Crippen molar-refractivity contribution in [3.63, 3.8) is 0 Å². The lowest BCUT2D eigenvalue weighted by atomic mass is 9.82. The molecule has 1 aliphatic carbocycles. The monoisotopic (exact) mass is 375 g/mol. The number of aromatic nitrogens is 1. The summed E-state index contributed by atoms with van der Waals surface area (Å²) < 4.78 is 10.7. The van der Waals surface area contributed by atoms with Crippen molar-refractivity contribution in [1.29, 1.82) is 0 Å². The maximum Gasteiger partial charge on any atom is 0.420 e. The van der Waals surface area contributed by atoms with Gasteiger partial charge in [-0.1, -0.05) is 13.0 Å². The van der Waals surface area contributed by atoms with Crippen LogP contribution in [0, 0.1) is 16.0 Å². The first-order chi connectivity index (χ1) is 12.6. The Hall–Kier alpha value is -2.97. The molecule has 27 heavy (non-hydrogen) atoms. The third kappa shape index (κ3) is 3.62. The molecule has 2 aliphatic rings. The second-order valence-electron chi connectivity index (χ2n) is 7.71. The maximum absolute atomic E-state index is 12.5. The third-order valence-electron chi connectivity index (χ3n) is 4.48. The Balaban J connectivity index is 2.00. The molecule has 0 aromatic carbocycles. The zero-order valence-electron chi connectivity index (χ0n) is 15.5. The van der Waals surface area contributed by atoms with Gasteiger partial charge in [0.1, 0.15) is 23.9 Å². The fourth-order valence-electron chi connectivity index (χ4n) is 3.38. The number of amides is 2. The van der Waals surface area contributed by atoms with E-state index in [0.29, 0.717) is 17.6 Å². The number of ether oxygens (including phenoxy) is 2. The Morgan fingerprint density at radius 3 is 2.78 bits per heavy atom. The molecule has 1 saturated heterocycles. The molecule has 3 rings (SSSR count). The number of nitrogens with zero attached hydrogens (tertiary/aromatic N) is 3. The van der Waals surface area contributed by atoms with Crippen LogP contribution >= 0.6 is 0 Å². The van der Waals surface area contributed by atoms with Crippen LogP contribution in [0.2, 0.25) is 0 Å². The normalized spacial score (nSPS) is 24.7. The Labute approximate surface area is 156 Å². The molecule has 0 N–H and O–H groups in total. The summed E-state index contributed by atoms with van der Waals surface area (Å²) in [4.78, 5) is 40.4. The molecule has 0 unspecified atom stereocenters. The maximum atomic E-state index is 12.5. The van der Waals surface area contributed by atoms with Crippen LogP contribution in [0.25, 0.3) is 5.57 Å². The van der Waals surface area contributed by atoms with Gasteiger partial charge in [0.2, 0.25) is 0 Å². The van der Waals surface area contributed by atoms with Crippen molar-refractivity contribution in [3.05, 3.63) is 40.2 Å². The second-order valence-corrected chi connectivity index (χ2v) is 7.71. The van der Waals surface area contributed by atoms with E-state index >= 15 is 0 Å². The van der Waals surface area contributed by atoms with Gasteiger partial charge in [0.25, 0.3) is 5.69 Å². The first-order valence-electron chi connectivity index (χ1n) is 8.61. The number of rotatable bonds is 2. The van der Waals surface area contributed by atoms with Gasteiger partial charge in [0.15, 0.2) is 0 Å². The number of pyridine rings is 1. The van der Waals surface area contributed by atoms with E-state index in [1.807, 2.05) is 6.92 Å². The van der Waals surface area contributed by atoms with Crippen molar-refractivity contribution in [2.75, 3.05) is 0 Å². The summed E-state index contributed by atoms with van der Waals surface area (Å²) in [6.45, 7) is 6.99. The van der Waals surface area contributed by atoms with E-state index in [1.54, 1.807) is 32.9 Å². The summed E-state index contributed by atoms with van der Waals surface area (Å²) >= 11 is 0. The van der Waals surface area contributed by atoms with E-state index < -0.39 is 34.9 Å². The van der Waals surface area contributed by atoms with E-state index in [4.69, 9.17) is 9.47 Å². The molecule has 0 spiro atoms. The van der Waals surface area contributed by atoms with E-state index in [2.05, 4.69) is 4.98 Å². The van der Waals surface area contributed by atoms with Crippen molar-refractivity contribution < 1.29 is 24.0 Å². The number of hydrogen-bond donors (Lipinski definition) is 0. The molecule has 3 atom stereocenters. The molecule has 1 aromatic heterocycles. The quantitative estimate of drug-likeness (QED) is 0.574. The highest BCUT2D eigenvalue weighted by Gasteiger charge is 2.50. The summed E-state index contributed by atoms with van der Waals surface area (Å²) in [6, 6.07) is 0.880. The van der Waals surface area contributed by atoms with Crippen LogP contribution < -0.4 is 0 Å². The summed E-state index contributed by atoms with van der Waals surface area (Å²) in [6.07, 6.45) is 2.73. The average Bonchev–Trinajstić information content (AvgIpc) is 2.90. The fraction of sp³-hybridized carbons (Fsp3) is 0.500. The molecule has 1 aromatic rings. The first-order valence-corrected chi connectivity index (χ1v) is 8.61. The zero-order chi connectivity index (χ0) is 19.9. The van der Waals surface area contributed by atoms with Crippen molar-refractivity contribution in [3.8, 4) is 0 Å². The summed E-state index contributed by atoms with van der Waals surface area (Å²) in [5.74, 6) is -0.126. The molecule has 1 fully saturated rings. The predicted molar refractivity (Wildman–Crippen MR) is 94.8 cm³/mol. The Morgan fingerprint density at radius 2 is 2.15 bits per heavy atom. The van der Waals surface area contributed by atoms with Crippen LogP contribution in [-0.4, -0.2) is 44.7 Å². The predicted octanol–water partition coefficient (Wildman–Crippen LogP) is 3.54. The van der Waals surface area contributed by atoms with Gasteiger partial charge < -0.3 is 9.47 Å². The molecule has 0 radical (unpaired) electrons. The minimum atomic E-state index is -0.797. The molecule has 9 nitrogen and oxygen atoms in total. The topological polar surface area (TPSA) is 112 Å². The molecular formula is C18H21N3O6. The van der Waals surface area contributed by atoms with Gasteiger partial charge >= 0.3 is 12.2 Å². The smallest absolute Gasteiger partial charge is 0.420 e. The highest BCUT2D eigenvalue weighted by molar-refractivity contribution is 5.91. The van der Waals surface area contributed by atoms with Crippen LogP contribution in [0.4, 0.5) is 15.3 Å². The van der Waals surface area contributed by atoms with Gasteiger partial charge in [0, 0.05) is 6.20 Å². The number of imide groups is 1. The molecule has 2 amide bonds. The third-order valence-corrected chi connectivity index (χ3v) is 4.48. The number of allylic oxidation sites excluding steroid dienone is 1. The van der Waals surface area contributed by atoms with Gasteiger partial charge in [-0.25, -0.2) is 14.5 Å². The first kappa shape index (κ1) is 18.8. The largest absolute Gasteiger partial charge is 0.443 e. The van der Waals surface area contributed by atoms with Crippen LogP contribution in [0.15, 0.2) is 24.5 Å². The van der Waals surface area contributed by atoms with Crippen molar-refractivity contribution in [2.45, 2.75) is 51.9 Å². The van der Waals surface area contributed by atoms with Crippen LogP contribution in [0.1, 0.15) is 39.7 Å². The summed E-state index contributed by atoms with van der Waals surface area (Å²) in [5.41, 5.74) is 0.198. The minimum absolute atomic E-state index is 0.122. The lowest BCUT2D eigenvalue weighted by molar-refractivity contribution is -0.385. The molecule has 144 valence electrons. The van der Waals surface area contributed by atoms with E-state index in [-0.39, 0.29) is 11.6 Å². The molecular weight excluding hydrogens is 354 g/mol. The Kier molecular flexibility index (Phi) is 4.63. The highest BCUT2D eigenvalue weighted by Crippen LogP contribution is 2.40. The molecule has 9 heteroatoms. The molecule has 0 saturated carbocycles. The van der Waals surface area contributed by atoms with E-state index in [0.717, 1.165) is 4.90 Å². The summed E-state index contributed by atoms with van der Waals surface area (Å²) in [5, 5.41) is 11.3. The SMILES string of the molecule is C[C@@H]1CC(c2ccncc2[N+](=O)[O-])=C[C@H]2[C@@H]1OC(=O)N2C(=O)OC(C)(C)C. The van der Waals surface area contributed by atoms with Crippen LogP contribution in [-0.2, 0) is 9.47 Å². The van der Waals surface area contributed by atoms with Crippen LogP contribution in [0.3, 0.4) is 0 Å². The number of fused-ring (bicyclic) bond motifs is 1. The Morgan fingerprint density at radius 1 is 1.44 bits per heavy atom. The van der Waals surface area contributed by atoms with Crippen molar-refractivity contribution in [1.82, 2.24) is 9.88 Å². The van der Waals surface area contributed by atoms with E-state index in [9.17, 15) is 19.7 Å². The van der Waals surface area contributed by atoms with Gasteiger partial charge in [-0.3, -0.25) is 15.1 Å². The van der Waals surface area contributed by atoms with Gasteiger partial charge in [-0.05, 0) is 44.7 Å². The van der Waals surface area contributed by atoms with Crippen molar-refractivity contribution in [2.24, 2.45) is 5.92 Å². The summed E-state index contributed by atoms with van der Waals surface area (Å²) in [7, 11) is 0. The van der Waals surface area contributed by atoms with Crippen LogP contribution in [0.5, 0.6) is 0 Å². The van der Waals surface area contributed by atoms with Gasteiger partial charge in [-0.2, -0.15) is 0 Å². The van der Waals surface area contributed by atoms with Gasteiger partial charge in [-0.15, -0.1) is 0 Å². The standard InChI is InChI=1S/C18H21N3O6/c1-10-7-11(12-5-6-19-9-14(12)21(24)25)8-13-15(10)26-16(22)20(13)17(23)27-18(2,3)4/h5-6,8-10,13,15H,7H2,1-4H3/t10-,13+,15-/m1/s1. The second kappa shape index (κ2) is 6.64. The van der Waals surface area contributed by atoms with Crippen molar-refractivity contribution >= 4 is 23.4 Å². The number of carbonyl (C=O) groups excluding carboxylic acids is 2. The minimum Gasteiger partial charge on any atom is -0.443 e. The average molecular weight is 375 g/mol. The lowest BCUT2D eigenvalue weighted by Crippen LogP contribution is -2.45. The van der Waals surface area contributed by atoms with E-state index in [1.165, 1.54) is 12.4 Å². The number of carbonyl (C=O) groups is 2. The zero-order valence-corrected chi connectivity index (χ0v) is 15.5. The van der Waals surface area contributed by atoms with Gasteiger partial charge in [0.05, 0.1) is 10.5 Å². The lowest BCUT2D eigenvalue weighted by Gasteiger charge is -2.31. The molecule has 0 bridgehead atoms. The number of hydrogen-bond acceptors (Lipinski definition) is 7. The fourth-order valence-corrected chi connectivity index (χ4v) is 3.38.